The summed E-state index contributed by atoms with van der Waals surface area (Å²) in [5.74, 6) is 0.810. The molecule has 0 amide bonds. The second kappa shape index (κ2) is 5.25. The van der Waals surface area contributed by atoms with E-state index in [1.54, 1.807) is 0 Å². The normalized spacial score (nSPS) is 13.1. The van der Waals surface area contributed by atoms with Gasteiger partial charge in [-0.15, -0.1) is 0 Å². The van der Waals surface area contributed by atoms with Gasteiger partial charge in [-0.2, -0.15) is 5.26 Å². The summed E-state index contributed by atoms with van der Waals surface area (Å²) in [7, 11) is 0. The Morgan fingerprint density at radius 2 is 1.90 bits per heavy atom. The first-order valence-electron chi connectivity index (χ1n) is 3.77. The molecule has 0 aliphatic heterocycles. The Labute approximate surface area is 63.2 Å². The summed E-state index contributed by atoms with van der Waals surface area (Å²) >= 11 is 0. The van der Waals surface area contributed by atoms with Crippen LogP contribution in [-0.2, 0) is 0 Å². The van der Waals surface area contributed by atoms with Gasteiger partial charge in [-0.3, -0.25) is 0 Å². The van der Waals surface area contributed by atoms with E-state index in [9.17, 15) is 0 Å². The topological polar surface area (TPSA) is 35.8 Å². The molecule has 0 rings (SSSR count). The Morgan fingerprint density at radius 1 is 1.30 bits per heavy atom. The zero-order chi connectivity index (χ0) is 7.98. The minimum absolute atomic E-state index is 0.138. The zero-order valence-electron chi connectivity index (χ0n) is 7.02. The van der Waals surface area contributed by atoms with Crippen molar-refractivity contribution >= 4 is 0 Å². The minimum Gasteiger partial charge on any atom is -0.315 e. The van der Waals surface area contributed by atoms with E-state index < -0.39 is 0 Å². The van der Waals surface area contributed by atoms with Crippen molar-refractivity contribution in [1.29, 1.82) is 5.26 Å². The smallest absolute Gasteiger partial charge is 0.0666 e. The summed E-state index contributed by atoms with van der Waals surface area (Å²) in [6, 6.07) is 2.18. The fraction of sp³-hybridized carbons (Fsp3) is 0.875. The Kier molecular flexibility index (Phi) is 4.96. The molecule has 0 aromatic heterocycles. The molecular weight excluding hydrogens is 124 g/mol. The molecule has 2 nitrogen and oxygen atoms in total. The Bertz CT molecular complexity index is 113. The van der Waals surface area contributed by atoms with E-state index in [1.165, 1.54) is 0 Å². The molecule has 10 heavy (non-hydrogen) atoms. The van der Waals surface area contributed by atoms with Gasteiger partial charge >= 0.3 is 0 Å². The van der Waals surface area contributed by atoms with Crippen molar-refractivity contribution in [3.05, 3.63) is 0 Å². The van der Waals surface area contributed by atoms with Crippen molar-refractivity contribution in [2.24, 2.45) is 11.8 Å². The summed E-state index contributed by atoms with van der Waals surface area (Å²) in [6.45, 7) is 8.06. The fourth-order valence-corrected chi connectivity index (χ4v) is 0.634. The zero-order valence-corrected chi connectivity index (χ0v) is 7.02. The summed E-state index contributed by atoms with van der Waals surface area (Å²) in [6.07, 6.45) is 0. The van der Waals surface area contributed by atoms with Crippen LogP contribution in [0.3, 0.4) is 0 Å². The molecule has 0 aromatic rings. The van der Waals surface area contributed by atoms with Gasteiger partial charge in [-0.25, -0.2) is 0 Å². The highest BCUT2D eigenvalue weighted by molar-refractivity contribution is 4.79. The third-order valence-electron chi connectivity index (χ3n) is 1.22. The van der Waals surface area contributed by atoms with E-state index in [1.807, 2.05) is 6.92 Å². The van der Waals surface area contributed by atoms with Gasteiger partial charge in [-0.05, 0) is 19.4 Å². The number of hydrogen-bond donors (Lipinski definition) is 1. The maximum absolute atomic E-state index is 8.41. The lowest BCUT2D eigenvalue weighted by molar-refractivity contribution is 0.522. The summed E-state index contributed by atoms with van der Waals surface area (Å²) in [5.41, 5.74) is 0. The molecule has 0 aromatic carbocycles. The molecule has 0 heterocycles. The highest BCUT2D eigenvalue weighted by Crippen LogP contribution is 1.90. The standard InChI is InChI=1S/C8H16N2/c1-7(2)5-10-6-8(3)4-9/h7-8,10H,5-6H2,1-3H3. The molecule has 58 valence electrons. The van der Waals surface area contributed by atoms with Crippen LogP contribution in [0.25, 0.3) is 0 Å². The molecule has 1 unspecified atom stereocenters. The maximum atomic E-state index is 8.41. The van der Waals surface area contributed by atoms with Gasteiger partial charge in [-0.1, -0.05) is 13.8 Å². The van der Waals surface area contributed by atoms with Crippen LogP contribution in [0, 0.1) is 23.2 Å². The van der Waals surface area contributed by atoms with Crippen LogP contribution >= 0.6 is 0 Å². The maximum Gasteiger partial charge on any atom is 0.0666 e. The molecule has 0 spiro atoms. The number of nitriles is 1. The van der Waals surface area contributed by atoms with E-state index in [0.29, 0.717) is 5.92 Å². The van der Waals surface area contributed by atoms with E-state index in [-0.39, 0.29) is 5.92 Å². The monoisotopic (exact) mass is 140 g/mol. The third-order valence-corrected chi connectivity index (χ3v) is 1.22. The van der Waals surface area contributed by atoms with Gasteiger partial charge in [0.25, 0.3) is 0 Å². The van der Waals surface area contributed by atoms with Crippen molar-refractivity contribution in [2.45, 2.75) is 20.8 Å². The first-order valence-corrected chi connectivity index (χ1v) is 3.77. The summed E-state index contributed by atoms with van der Waals surface area (Å²) in [4.78, 5) is 0. The van der Waals surface area contributed by atoms with Crippen LogP contribution in [0.5, 0.6) is 0 Å². The van der Waals surface area contributed by atoms with Gasteiger partial charge in [0.1, 0.15) is 0 Å². The van der Waals surface area contributed by atoms with Crippen LogP contribution in [0.1, 0.15) is 20.8 Å². The first kappa shape index (κ1) is 9.45. The Morgan fingerprint density at radius 3 is 2.30 bits per heavy atom. The summed E-state index contributed by atoms with van der Waals surface area (Å²) in [5, 5.41) is 11.6. The van der Waals surface area contributed by atoms with E-state index in [0.717, 1.165) is 13.1 Å². The number of nitrogens with one attached hydrogen (secondary N) is 1. The van der Waals surface area contributed by atoms with Crippen molar-refractivity contribution in [1.82, 2.24) is 5.32 Å². The SMILES string of the molecule is CC(C)CNCC(C)C#N. The average molecular weight is 140 g/mol. The molecule has 1 atom stereocenters. The molecule has 2 heteroatoms. The van der Waals surface area contributed by atoms with Crippen LogP contribution in [0.2, 0.25) is 0 Å². The average Bonchev–Trinajstić information content (AvgIpc) is 1.87. The van der Waals surface area contributed by atoms with E-state index in [4.69, 9.17) is 5.26 Å². The van der Waals surface area contributed by atoms with Crippen LogP contribution in [0.15, 0.2) is 0 Å². The molecule has 0 aliphatic carbocycles. The lowest BCUT2D eigenvalue weighted by Gasteiger charge is -2.07. The molecule has 0 aliphatic rings. The number of rotatable bonds is 4. The summed E-state index contributed by atoms with van der Waals surface area (Å²) < 4.78 is 0. The fourth-order valence-electron chi connectivity index (χ4n) is 0.634. The Hall–Kier alpha value is -0.550. The van der Waals surface area contributed by atoms with Crippen molar-refractivity contribution in [3.8, 4) is 6.07 Å². The van der Waals surface area contributed by atoms with Gasteiger partial charge in [0.2, 0.25) is 0 Å². The van der Waals surface area contributed by atoms with Crippen LogP contribution < -0.4 is 5.32 Å². The van der Waals surface area contributed by atoms with Crippen molar-refractivity contribution < 1.29 is 0 Å². The minimum atomic E-state index is 0.138. The lowest BCUT2D eigenvalue weighted by Crippen LogP contribution is -2.24. The van der Waals surface area contributed by atoms with Crippen molar-refractivity contribution in [2.75, 3.05) is 13.1 Å². The second-order valence-electron chi connectivity index (χ2n) is 3.08. The van der Waals surface area contributed by atoms with Gasteiger partial charge in [0, 0.05) is 6.54 Å². The molecule has 0 bridgehead atoms. The predicted molar refractivity (Wildman–Crippen MR) is 42.5 cm³/mol. The van der Waals surface area contributed by atoms with E-state index in [2.05, 4.69) is 25.2 Å². The van der Waals surface area contributed by atoms with Crippen LogP contribution in [-0.4, -0.2) is 13.1 Å². The molecule has 1 N–H and O–H groups in total. The lowest BCUT2D eigenvalue weighted by atomic mass is 10.2. The second-order valence-corrected chi connectivity index (χ2v) is 3.08. The van der Waals surface area contributed by atoms with Gasteiger partial charge in [0.15, 0.2) is 0 Å². The van der Waals surface area contributed by atoms with E-state index >= 15 is 0 Å². The highest BCUT2D eigenvalue weighted by Gasteiger charge is 1.98. The third kappa shape index (κ3) is 5.58. The predicted octanol–water partition coefficient (Wildman–Crippen LogP) is 1.39. The van der Waals surface area contributed by atoms with Gasteiger partial charge < -0.3 is 5.32 Å². The first-order chi connectivity index (χ1) is 4.66. The molecule has 0 fully saturated rings. The number of nitrogens with zero attached hydrogens (tertiary/aromatic N) is 1. The Balaban J connectivity index is 3.13. The van der Waals surface area contributed by atoms with Crippen molar-refractivity contribution in [3.63, 3.8) is 0 Å². The largest absolute Gasteiger partial charge is 0.315 e. The highest BCUT2D eigenvalue weighted by atomic mass is 14.9. The quantitative estimate of drug-likeness (QED) is 0.640. The molecule has 0 radical (unpaired) electrons. The van der Waals surface area contributed by atoms with Gasteiger partial charge in [0.05, 0.1) is 12.0 Å². The van der Waals surface area contributed by atoms with Crippen LogP contribution in [0.4, 0.5) is 0 Å². The molecular formula is C8H16N2. The molecule has 0 saturated carbocycles. The molecule has 0 saturated heterocycles. The number of hydrogen-bond acceptors (Lipinski definition) is 2.